The van der Waals surface area contributed by atoms with E-state index in [2.05, 4.69) is 49.1 Å². The second kappa shape index (κ2) is 5.67. The second-order valence-corrected chi connectivity index (χ2v) is 4.49. The van der Waals surface area contributed by atoms with E-state index in [9.17, 15) is 0 Å². The maximum atomic E-state index is 5.92. The van der Waals surface area contributed by atoms with Gasteiger partial charge in [-0.3, -0.25) is 0 Å². The minimum absolute atomic E-state index is 0.318. The van der Waals surface area contributed by atoms with Crippen LogP contribution in [0.5, 0.6) is 0 Å². The molecule has 0 fully saturated rings. The molecule has 2 N–H and O–H groups in total. The molecule has 0 saturated heterocycles. The highest BCUT2D eigenvalue weighted by molar-refractivity contribution is 5.78. The first kappa shape index (κ1) is 11.9. The molecule has 0 aliphatic heterocycles. The molecular weight excluding hydrogens is 206 g/mol. The molecule has 0 bridgehead atoms. The summed E-state index contributed by atoms with van der Waals surface area (Å²) in [4.78, 5) is 0. The van der Waals surface area contributed by atoms with Crippen molar-refractivity contribution >= 4 is 5.57 Å². The van der Waals surface area contributed by atoms with Gasteiger partial charge in [-0.15, -0.1) is 5.73 Å². The molecule has 2 rings (SSSR count). The van der Waals surface area contributed by atoms with Gasteiger partial charge in [-0.05, 0) is 48.1 Å². The molecule has 17 heavy (non-hydrogen) atoms. The quantitative estimate of drug-likeness (QED) is 0.760. The Morgan fingerprint density at radius 2 is 2.00 bits per heavy atom. The minimum atomic E-state index is 0.318. The van der Waals surface area contributed by atoms with Crippen LogP contribution in [0.3, 0.4) is 0 Å². The Kier molecular flexibility index (Phi) is 3.98. The highest BCUT2D eigenvalue weighted by atomic mass is 14.6. The van der Waals surface area contributed by atoms with Gasteiger partial charge in [0.25, 0.3) is 0 Å². The van der Waals surface area contributed by atoms with E-state index in [0.29, 0.717) is 6.04 Å². The lowest BCUT2D eigenvalue weighted by Crippen LogP contribution is -2.17. The van der Waals surface area contributed by atoms with Gasteiger partial charge in [0.1, 0.15) is 0 Å². The third-order valence-corrected chi connectivity index (χ3v) is 3.16. The summed E-state index contributed by atoms with van der Waals surface area (Å²) in [6, 6.07) is 10.7. The van der Waals surface area contributed by atoms with Crippen LogP contribution >= 0.6 is 0 Å². The summed E-state index contributed by atoms with van der Waals surface area (Å²) in [7, 11) is 0. The van der Waals surface area contributed by atoms with Crippen molar-refractivity contribution in [1.29, 1.82) is 0 Å². The standard InChI is InChI=1S/C16H19N/c1-2-16(17)11-9-13-8-10-15(12-13)14-6-4-3-5-7-14/h3-7,10,12,16H,2,9,11,17H2,1H3. The van der Waals surface area contributed by atoms with E-state index in [1.807, 2.05) is 6.07 Å². The van der Waals surface area contributed by atoms with E-state index in [1.54, 1.807) is 0 Å². The molecule has 1 aliphatic rings. The van der Waals surface area contributed by atoms with Crippen LogP contribution in [0.4, 0.5) is 0 Å². The lowest BCUT2D eigenvalue weighted by atomic mass is 10.0. The van der Waals surface area contributed by atoms with Gasteiger partial charge in [0.05, 0.1) is 0 Å². The average molecular weight is 225 g/mol. The van der Waals surface area contributed by atoms with Crippen LogP contribution in [-0.4, -0.2) is 6.04 Å². The Labute approximate surface area is 103 Å². The Morgan fingerprint density at radius 3 is 2.71 bits per heavy atom. The number of rotatable bonds is 5. The number of hydrogen-bond donors (Lipinski definition) is 1. The Hall–Kier alpha value is -1.56. The maximum absolute atomic E-state index is 5.92. The van der Waals surface area contributed by atoms with Crippen LogP contribution < -0.4 is 5.73 Å². The van der Waals surface area contributed by atoms with Gasteiger partial charge in [-0.1, -0.05) is 37.3 Å². The van der Waals surface area contributed by atoms with Gasteiger partial charge < -0.3 is 5.73 Å². The first-order valence-corrected chi connectivity index (χ1v) is 6.28. The molecule has 0 radical (unpaired) electrons. The zero-order chi connectivity index (χ0) is 12.1. The van der Waals surface area contributed by atoms with Crippen molar-refractivity contribution < 1.29 is 0 Å². The number of allylic oxidation sites excluding steroid dienone is 3. The molecule has 0 aromatic heterocycles. The third-order valence-electron chi connectivity index (χ3n) is 3.16. The summed E-state index contributed by atoms with van der Waals surface area (Å²) < 4.78 is 0. The zero-order valence-electron chi connectivity index (χ0n) is 10.3. The van der Waals surface area contributed by atoms with E-state index in [4.69, 9.17) is 5.73 Å². The van der Waals surface area contributed by atoms with Crippen LogP contribution in [-0.2, 0) is 0 Å². The van der Waals surface area contributed by atoms with Crippen LogP contribution in [0.15, 0.2) is 53.8 Å². The molecule has 1 aliphatic carbocycles. The van der Waals surface area contributed by atoms with Gasteiger partial charge >= 0.3 is 0 Å². The summed E-state index contributed by atoms with van der Waals surface area (Å²) >= 11 is 0. The van der Waals surface area contributed by atoms with Gasteiger partial charge in [0.15, 0.2) is 0 Å². The smallest absolute Gasteiger partial charge is 0.00395 e. The monoisotopic (exact) mass is 225 g/mol. The summed E-state index contributed by atoms with van der Waals surface area (Å²) in [5, 5.41) is 0. The predicted octanol–water partition coefficient (Wildman–Crippen LogP) is 3.68. The van der Waals surface area contributed by atoms with E-state index < -0.39 is 0 Å². The summed E-state index contributed by atoms with van der Waals surface area (Å²) in [5.74, 6) is 0. The van der Waals surface area contributed by atoms with Gasteiger partial charge in [0, 0.05) is 6.04 Å². The second-order valence-electron chi connectivity index (χ2n) is 4.49. The predicted molar refractivity (Wildman–Crippen MR) is 73.5 cm³/mol. The van der Waals surface area contributed by atoms with Crippen LogP contribution in [0.2, 0.25) is 0 Å². The first-order valence-electron chi connectivity index (χ1n) is 6.28. The largest absolute Gasteiger partial charge is 0.328 e. The van der Waals surface area contributed by atoms with Gasteiger partial charge in [-0.2, -0.15) is 0 Å². The average Bonchev–Trinajstić information content (AvgIpc) is 2.86. The number of benzene rings is 1. The molecule has 1 aromatic rings. The fraction of sp³-hybridized carbons (Fsp3) is 0.312. The van der Waals surface area contributed by atoms with Crippen LogP contribution in [0.25, 0.3) is 5.57 Å². The maximum Gasteiger partial charge on any atom is 0.00395 e. The molecule has 0 amide bonds. The summed E-state index contributed by atoms with van der Waals surface area (Å²) in [6.07, 6.45) is 7.42. The summed E-state index contributed by atoms with van der Waals surface area (Å²) in [6.45, 7) is 2.13. The van der Waals surface area contributed by atoms with Crippen molar-refractivity contribution in [3.8, 4) is 0 Å². The Bertz CT molecular complexity index is 462. The molecule has 1 heteroatoms. The van der Waals surface area contributed by atoms with Crippen LogP contribution in [0, 0.1) is 0 Å². The summed E-state index contributed by atoms with van der Waals surface area (Å²) in [5.41, 5.74) is 13.0. The first-order chi connectivity index (χ1) is 8.29. The van der Waals surface area contributed by atoms with Crippen molar-refractivity contribution in [2.75, 3.05) is 0 Å². The van der Waals surface area contributed by atoms with Crippen molar-refractivity contribution in [3.63, 3.8) is 0 Å². The third kappa shape index (κ3) is 3.20. The number of hydrogen-bond acceptors (Lipinski definition) is 1. The van der Waals surface area contributed by atoms with E-state index >= 15 is 0 Å². The fourth-order valence-electron chi connectivity index (χ4n) is 1.93. The molecular formula is C16H19N. The molecule has 1 unspecified atom stereocenters. The lowest BCUT2D eigenvalue weighted by molar-refractivity contribution is 0.597. The SMILES string of the molecule is CCC(N)CCC1=C=CC(c2ccccc2)=C1. The van der Waals surface area contributed by atoms with E-state index in [0.717, 1.165) is 19.3 Å². The van der Waals surface area contributed by atoms with Crippen molar-refractivity contribution in [2.24, 2.45) is 5.73 Å². The molecule has 0 heterocycles. The van der Waals surface area contributed by atoms with E-state index in [-0.39, 0.29) is 0 Å². The fourth-order valence-corrected chi connectivity index (χ4v) is 1.93. The van der Waals surface area contributed by atoms with Crippen molar-refractivity contribution in [1.82, 2.24) is 0 Å². The zero-order valence-corrected chi connectivity index (χ0v) is 10.3. The normalized spacial score (nSPS) is 15.6. The molecule has 0 spiro atoms. The van der Waals surface area contributed by atoms with Gasteiger partial charge in [-0.25, -0.2) is 0 Å². The van der Waals surface area contributed by atoms with Crippen molar-refractivity contribution in [2.45, 2.75) is 32.2 Å². The van der Waals surface area contributed by atoms with Crippen molar-refractivity contribution in [3.05, 3.63) is 59.4 Å². The Balaban J connectivity index is 1.97. The Morgan fingerprint density at radius 1 is 1.24 bits per heavy atom. The topological polar surface area (TPSA) is 26.0 Å². The molecule has 0 saturated carbocycles. The van der Waals surface area contributed by atoms with E-state index in [1.165, 1.54) is 16.7 Å². The minimum Gasteiger partial charge on any atom is -0.328 e. The molecule has 88 valence electrons. The van der Waals surface area contributed by atoms with Gasteiger partial charge in [0.2, 0.25) is 0 Å². The van der Waals surface area contributed by atoms with Crippen LogP contribution in [0.1, 0.15) is 31.7 Å². The molecule has 1 aromatic carbocycles. The lowest BCUT2D eigenvalue weighted by Gasteiger charge is -2.06. The number of nitrogens with two attached hydrogens (primary N) is 1. The highest BCUT2D eigenvalue weighted by Crippen LogP contribution is 2.24. The molecule has 1 atom stereocenters. The molecule has 1 nitrogen and oxygen atoms in total. The highest BCUT2D eigenvalue weighted by Gasteiger charge is 2.06.